The summed E-state index contributed by atoms with van der Waals surface area (Å²) in [5, 5.41) is 41.6. The normalized spacial score (nSPS) is 48.6. The van der Waals surface area contributed by atoms with Crippen molar-refractivity contribution in [3.05, 3.63) is 23.2 Å². The molecule has 0 amide bonds. The summed E-state index contributed by atoms with van der Waals surface area (Å²) >= 11 is 0. The number of rotatable bonds is 3. The van der Waals surface area contributed by atoms with Crippen LogP contribution in [-0.4, -0.2) is 56.9 Å². The van der Waals surface area contributed by atoms with Gasteiger partial charge in [0.05, 0.1) is 0 Å². The zero-order valence-corrected chi connectivity index (χ0v) is 27.3. The highest BCUT2D eigenvalue weighted by atomic mass is 16.5. The lowest BCUT2D eigenvalue weighted by molar-refractivity contribution is -0.189. The molecule has 6 aliphatic rings. The fourth-order valence-electron chi connectivity index (χ4n) is 11.9. The fourth-order valence-corrected chi connectivity index (χ4v) is 11.9. The first kappa shape index (κ1) is 31.3. The molecule has 4 fully saturated rings. The molecule has 0 aromatic rings. The Morgan fingerprint density at radius 1 is 0.953 bits per heavy atom. The third kappa shape index (κ3) is 4.02. The van der Waals surface area contributed by atoms with Gasteiger partial charge in [0.15, 0.2) is 23.4 Å². The number of aliphatic hydroxyl groups excluding tert-OH is 4. The molecule has 0 aromatic carbocycles. The Hall–Kier alpha value is -1.70. The van der Waals surface area contributed by atoms with E-state index in [2.05, 4.69) is 54.5 Å². The minimum atomic E-state index is -1.68. The molecule has 5 unspecified atom stereocenters. The molecule has 4 N–H and O–H groups in total. The van der Waals surface area contributed by atoms with Crippen molar-refractivity contribution >= 4 is 11.6 Å². The molecule has 0 bridgehead atoms. The summed E-state index contributed by atoms with van der Waals surface area (Å²) < 4.78 is 5.78. The van der Waals surface area contributed by atoms with Crippen molar-refractivity contribution in [2.24, 2.45) is 50.2 Å². The van der Waals surface area contributed by atoms with Gasteiger partial charge in [-0.2, -0.15) is 0 Å². The van der Waals surface area contributed by atoms with E-state index in [-0.39, 0.29) is 44.5 Å². The van der Waals surface area contributed by atoms with Crippen molar-refractivity contribution in [1.29, 1.82) is 0 Å². The zero-order valence-electron chi connectivity index (χ0n) is 27.3. The van der Waals surface area contributed by atoms with Crippen LogP contribution in [-0.2, 0) is 14.3 Å². The van der Waals surface area contributed by atoms with E-state index in [1.807, 2.05) is 0 Å². The molecule has 5 aliphatic carbocycles. The Bertz CT molecular complexity index is 1280. The van der Waals surface area contributed by atoms with E-state index in [0.717, 1.165) is 44.9 Å². The predicted octanol–water partition coefficient (Wildman–Crippen LogP) is 5.81. The Morgan fingerprint density at radius 3 is 2.30 bits per heavy atom. The van der Waals surface area contributed by atoms with Crippen LogP contribution < -0.4 is 0 Å². The van der Waals surface area contributed by atoms with Gasteiger partial charge in [0.25, 0.3) is 0 Å². The fraction of sp³-hybridized carbons (Fsp3) is 0.833. The molecule has 43 heavy (non-hydrogen) atoms. The monoisotopic (exact) mass is 598 g/mol. The van der Waals surface area contributed by atoms with Crippen LogP contribution in [0.4, 0.5) is 0 Å². The summed E-state index contributed by atoms with van der Waals surface area (Å²) in [6.45, 7) is 15.7. The second kappa shape index (κ2) is 9.65. The van der Waals surface area contributed by atoms with Gasteiger partial charge in [-0.1, -0.05) is 60.1 Å². The summed E-state index contributed by atoms with van der Waals surface area (Å²) in [5.74, 6) is 0.159. The van der Waals surface area contributed by atoms with Gasteiger partial charge in [0.2, 0.25) is 0 Å². The number of hydrogen-bond acceptors (Lipinski definition) is 7. The number of carbonyl (C=O) groups is 2. The minimum Gasteiger partial charge on any atom is -0.506 e. The smallest absolute Gasteiger partial charge is 0.186 e. The molecule has 0 saturated heterocycles. The second-order valence-corrected chi connectivity index (χ2v) is 17.3. The second-order valence-electron chi connectivity index (χ2n) is 17.3. The van der Waals surface area contributed by atoms with E-state index < -0.39 is 36.1 Å². The number of Topliss-reactive ketones (excluding diaryl/α,β-unsaturated/α-hetero) is 2. The van der Waals surface area contributed by atoms with Crippen molar-refractivity contribution in [1.82, 2.24) is 0 Å². The average molecular weight is 599 g/mol. The molecule has 0 spiro atoms. The summed E-state index contributed by atoms with van der Waals surface area (Å²) in [4.78, 5) is 27.8. The van der Waals surface area contributed by atoms with Crippen LogP contribution >= 0.6 is 0 Å². The highest BCUT2D eigenvalue weighted by Gasteiger charge is 2.69. The molecule has 7 heteroatoms. The quantitative estimate of drug-likeness (QED) is 0.302. The molecule has 6 rings (SSSR count). The predicted molar refractivity (Wildman–Crippen MR) is 163 cm³/mol. The first-order valence-corrected chi connectivity index (χ1v) is 16.7. The van der Waals surface area contributed by atoms with E-state index in [9.17, 15) is 30.0 Å². The van der Waals surface area contributed by atoms with Crippen molar-refractivity contribution in [3.63, 3.8) is 0 Å². The van der Waals surface area contributed by atoms with Crippen molar-refractivity contribution in [2.45, 2.75) is 131 Å². The van der Waals surface area contributed by atoms with Crippen molar-refractivity contribution < 1.29 is 34.8 Å². The molecule has 1 aliphatic heterocycles. The Kier molecular flexibility index (Phi) is 7.02. The third-order valence-electron chi connectivity index (χ3n) is 14.7. The molecule has 4 saturated carbocycles. The molecule has 0 radical (unpaired) electrons. The zero-order chi connectivity index (χ0) is 31.5. The molecule has 1 heterocycles. The van der Waals surface area contributed by atoms with Crippen LogP contribution in [0.1, 0.15) is 113 Å². The Morgan fingerprint density at radius 2 is 1.63 bits per heavy atom. The summed E-state index contributed by atoms with van der Waals surface area (Å²) in [6.07, 6.45) is 6.49. The summed E-state index contributed by atoms with van der Waals surface area (Å²) in [7, 11) is 0. The lowest BCUT2D eigenvalue weighted by atomic mass is 9.33. The number of aliphatic hydroxyl groups is 4. The standard InChI is InChI=1S/C36H54O7/c1-31(2)14-16-36(30(42)29-28(41)27(40)26(39)22(19-37)43-29)17-15-34(6)20(21(36)18-31)8-9-24-33(5)12-11-25(38)32(3,4)23(33)10-13-35(24,34)7/h8,21,23-24,27-29,37,39-41H,9-19H2,1-7H3/t21?,23?,24?,27?,28?,29-,33-,34+,35+,36-/m0/s1. The highest BCUT2D eigenvalue weighted by molar-refractivity contribution is 5.91. The van der Waals surface area contributed by atoms with Gasteiger partial charge in [-0.3, -0.25) is 9.59 Å². The number of carbonyl (C=O) groups excluding carboxylic acids is 2. The maximum Gasteiger partial charge on any atom is 0.186 e. The van der Waals surface area contributed by atoms with Crippen LogP contribution in [0.5, 0.6) is 0 Å². The Labute approximate surface area is 257 Å². The van der Waals surface area contributed by atoms with Crippen molar-refractivity contribution in [3.8, 4) is 0 Å². The van der Waals surface area contributed by atoms with Gasteiger partial charge < -0.3 is 25.2 Å². The molecule has 0 aromatic heterocycles. The summed E-state index contributed by atoms with van der Waals surface area (Å²) in [5.41, 5.74) is 0.395. The molecule has 7 nitrogen and oxygen atoms in total. The topological polar surface area (TPSA) is 124 Å². The van der Waals surface area contributed by atoms with Crippen LogP contribution in [0, 0.1) is 50.2 Å². The number of ether oxygens (including phenoxy) is 1. The first-order chi connectivity index (χ1) is 19.9. The highest BCUT2D eigenvalue weighted by Crippen LogP contribution is 2.75. The SMILES string of the molecule is CC1(C)CC[C@]2(C(=O)[C@H]3OC(CO)=C(O)C(O)C3O)CC[C@]3(C)C(=CCC4[C@@]5(C)CCC(=O)C(C)(C)C5CC[C@]43C)C2C1. The van der Waals surface area contributed by atoms with Crippen molar-refractivity contribution in [2.75, 3.05) is 6.61 Å². The first-order valence-electron chi connectivity index (χ1n) is 16.7. The number of allylic oxidation sites excluding steroid dienone is 2. The maximum absolute atomic E-state index is 14.7. The molecule has 10 atom stereocenters. The van der Waals surface area contributed by atoms with Gasteiger partial charge in [-0.15, -0.1) is 0 Å². The van der Waals surface area contributed by atoms with E-state index in [4.69, 9.17) is 4.74 Å². The lowest BCUT2D eigenvalue weighted by Crippen LogP contribution is -2.65. The van der Waals surface area contributed by atoms with Gasteiger partial charge in [0.1, 0.15) is 24.6 Å². The van der Waals surface area contributed by atoms with E-state index in [1.165, 1.54) is 5.57 Å². The average Bonchev–Trinajstić information content (AvgIpc) is 2.94. The third-order valence-corrected chi connectivity index (χ3v) is 14.7. The summed E-state index contributed by atoms with van der Waals surface area (Å²) in [6, 6.07) is 0. The molecular formula is C36H54O7. The van der Waals surface area contributed by atoms with E-state index in [0.29, 0.717) is 36.9 Å². The van der Waals surface area contributed by atoms with Gasteiger partial charge in [0, 0.05) is 17.3 Å². The van der Waals surface area contributed by atoms with Gasteiger partial charge in [-0.25, -0.2) is 0 Å². The van der Waals surface area contributed by atoms with E-state index >= 15 is 0 Å². The number of hydrogen-bond donors (Lipinski definition) is 4. The van der Waals surface area contributed by atoms with Gasteiger partial charge in [-0.05, 0) is 97.2 Å². The maximum atomic E-state index is 14.7. The Balaban J connectivity index is 1.42. The van der Waals surface area contributed by atoms with Crippen LogP contribution in [0.3, 0.4) is 0 Å². The number of fused-ring (bicyclic) bond motifs is 7. The molecule has 240 valence electrons. The van der Waals surface area contributed by atoms with Crippen LogP contribution in [0.15, 0.2) is 23.2 Å². The largest absolute Gasteiger partial charge is 0.506 e. The molecular weight excluding hydrogens is 544 g/mol. The van der Waals surface area contributed by atoms with E-state index in [1.54, 1.807) is 0 Å². The minimum absolute atomic E-state index is 0.0137. The van der Waals surface area contributed by atoms with Crippen LogP contribution in [0.2, 0.25) is 0 Å². The van der Waals surface area contributed by atoms with Crippen LogP contribution in [0.25, 0.3) is 0 Å². The number of ketones is 2. The van der Waals surface area contributed by atoms with Gasteiger partial charge >= 0.3 is 0 Å². The lowest BCUT2D eigenvalue weighted by Gasteiger charge is -2.70.